The zero-order valence-corrected chi connectivity index (χ0v) is 67.2. The highest BCUT2D eigenvalue weighted by Crippen LogP contribution is 2.49. The van der Waals surface area contributed by atoms with Crippen LogP contribution in [0.15, 0.2) is 131 Å². The number of aliphatic imine (C=N–C) groups is 1. The molecule has 6 aromatic carbocycles. The Labute approximate surface area is 638 Å². The average molecular weight is 1430 g/mol. The summed E-state index contributed by atoms with van der Waals surface area (Å²) in [6, 6.07) is 41.9. The molecule has 0 unspecified atom stereocenters. The zero-order valence-electron chi connectivity index (χ0n) is 65.6. The number of nitriles is 1. The van der Waals surface area contributed by atoms with E-state index in [1.165, 1.54) is 357 Å². The van der Waals surface area contributed by atoms with Crippen molar-refractivity contribution in [2.45, 2.75) is 324 Å². The molecule has 104 heavy (non-hydrogen) atoms. The minimum atomic E-state index is 0.421. The highest BCUT2D eigenvalue weighted by Gasteiger charge is 2.43. The summed E-state index contributed by atoms with van der Waals surface area (Å²) in [5.74, 6) is 0.871. The summed E-state index contributed by atoms with van der Waals surface area (Å²) >= 11 is 3.74. The second-order valence-corrected chi connectivity index (χ2v) is 34.1. The summed E-state index contributed by atoms with van der Waals surface area (Å²) in [6.45, 7) is 24.0. The van der Waals surface area contributed by atoms with Gasteiger partial charge in [0.1, 0.15) is 11.4 Å². The number of unbranched alkanes of at least 4 members (excludes halogenated alkanes) is 36. The molecule has 6 nitrogen and oxygen atoms in total. The lowest BCUT2D eigenvalue weighted by molar-refractivity contribution is 0.404. The standard InChI is InChI=1S/C96H130N6S2/c1-8-12-16-20-24-28-32-36-40-44-48-75(49-45-41-37-33-29-25-21-17-13-9-2)70-101-86-64-73(5)52-59-85(86)94(100-98-7)96(101)95-93(99-72-97)84-60-58-77(69-87(84)102(95)71-76(50-46-42-38-34-30-26-22-18-14-10-3)51-47-43-39-35-31-27-23-19-15-11-4)88-62-63-90(104-88)83-67-80-56-54-78-65-82(89-61-53-74(6)103-89)66-79-55-57-81(68-83)92(80)91(78)79/h52-69,75-76H,8-51,70-71H2,1-6H3. The third-order valence-corrected chi connectivity index (χ3v) is 25.5. The lowest BCUT2D eigenvalue weighted by atomic mass is 9.91. The number of aryl methyl sites for hydroxylation is 2. The molecule has 8 aromatic rings. The minimum Gasteiger partial charge on any atom is -0.337 e. The van der Waals surface area contributed by atoms with E-state index >= 15 is 0 Å². The van der Waals surface area contributed by atoms with Crippen LogP contribution in [0.2, 0.25) is 0 Å². The lowest BCUT2D eigenvalue weighted by Gasteiger charge is -2.32. The van der Waals surface area contributed by atoms with Crippen molar-refractivity contribution < 1.29 is 0 Å². The number of nitrogens with zero attached hydrogens (tertiary/aromatic N) is 6. The van der Waals surface area contributed by atoms with Crippen LogP contribution in [0.25, 0.3) is 68.6 Å². The quantitative estimate of drug-likeness (QED) is 0.0125. The highest BCUT2D eigenvalue weighted by atomic mass is 32.1. The predicted octanol–water partition coefficient (Wildman–Crippen LogP) is 31.2. The Morgan fingerprint density at radius 1 is 0.375 bits per heavy atom. The molecule has 10 rings (SSSR count). The first kappa shape index (κ1) is 80.0. The third-order valence-electron chi connectivity index (χ3n) is 23.2. The molecular weight excluding hydrogens is 1300 g/mol. The molecule has 0 N–H and O–H groups in total. The van der Waals surface area contributed by atoms with Crippen LogP contribution < -0.4 is 9.80 Å². The van der Waals surface area contributed by atoms with Crippen LogP contribution in [0.1, 0.15) is 332 Å². The fourth-order valence-corrected chi connectivity index (χ4v) is 19.2. The van der Waals surface area contributed by atoms with Gasteiger partial charge in [0.15, 0.2) is 5.71 Å². The number of hydrogen-bond acceptors (Lipinski definition) is 7. The molecule has 0 radical (unpaired) electrons. The van der Waals surface area contributed by atoms with Crippen LogP contribution in [0.3, 0.4) is 0 Å². The second-order valence-electron chi connectivity index (χ2n) is 31.7. The van der Waals surface area contributed by atoms with Crippen LogP contribution in [0.4, 0.5) is 11.4 Å². The fraction of sp³-hybridized carbons (Fsp3) is 0.562. The Hall–Kier alpha value is -6.58. The lowest BCUT2D eigenvalue weighted by Crippen LogP contribution is -2.35. The van der Waals surface area contributed by atoms with Gasteiger partial charge in [0.2, 0.25) is 6.19 Å². The maximum atomic E-state index is 11.1. The smallest absolute Gasteiger partial charge is 0.206 e. The van der Waals surface area contributed by atoms with E-state index in [2.05, 4.69) is 172 Å². The van der Waals surface area contributed by atoms with Crippen molar-refractivity contribution in [1.29, 1.82) is 5.26 Å². The molecule has 2 aliphatic heterocycles. The summed E-state index contributed by atoms with van der Waals surface area (Å²) in [6.07, 6.45) is 60.3. The zero-order chi connectivity index (χ0) is 72.5. The molecule has 0 saturated heterocycles. The SMILES string of the molecule is [C-]#[N+]N=C1C(=C2C(=NC#N)c3ccc(-c4ccc(-c5cc6ccc7cc(-c8ccc(C)s8)cc8ccc(c5)c6c78)s4)cc3N2CC(CCCCCCCCCCCC)CCCCCCCCCCCC)N(CC(CCCCCCCCCCCC)CCCCCCCCCCCC)c2cc(C)ccc21. The number of fused-ring (bicyclic) bond motifs is 2. The van der Waals surface area contributed by atoms with E-state index in [0.29, 0.717) is 17.5 Å². The summed E-state index contributed by atoms with van der Waals surface area (Å²) in [5, 5.41) is 23.9. The van der Waals surface area contributed by atoms with E-state index in [-0.39, 0.29) is 0 Å². The molecule has 8 heteroatoms. The van der Waals surface area contributed by atoms with Gasteiger partial charge < -0.3 is 9.80 Å². The molecule has 4 heterocycles. The highest BCUT2D eigenvalue weighted by molar-refractivity contribution is 7.18. The summed E-state index contributed by atoms with van der Waals surface area (Å²) in [5.41, 5.74) is 12.5. The van der Waals surface area contributed by atoms with E-state index in [1.54, 1.807) is 0 Å². The van der Waals surface area contributed by atoms with Crippen molar-refractivity contribution in [3.8, 4) is 37.5 Å². The van der Waals surface area contributed by atoms with Crippen molar-refractivity contribution in [3.63, 3.8) is 0 Å². The summed E-state index contributed by atoms with van der Waals surface area (Å²) in [7, 11) is 0. The molecule has 0 aliphatic carbocycles. The van der Waals surface area contributed by atoms with Gasteiger partial charge in [-0.15, -0.1) is 27.6 Å². The Kier molecular flexibility index (Phi) is 33.8. The van der Waals surface area contributed by atoms with Crippen LogP contribution >= 0.6 is 22.7 Å². The maximum Gasteiger partial charge on any atom is 0.206 e. The molecule has 0 saturated carbocycles. The Balaban J connectivity index is 1.01. The molecule has 0 atom stereocenters. The second kappa shape index (κ2) is 43.9. The normalized spacial score (nSPS) is 14.5. The molecule has 2 aliphatic rings. The predicted molar refractivity (Wildman–Crippen MR) is 458 cm³/mol. The number of benzene rings is 6. The first-order valence-corrected chi connectivity index (χ1v) is 44.3. The maximum absolute atomic E-state index is 11.1. The van der Waals surface area contributed by atoms with Crippen LogP contribution in [0.5, 0.6) is 0 Å². The van der Waals surface area contributed by atoms with Gasteiger partial charge in [-0.2, -0.15) is 16.8 Å². The van der Waals surface area contributed by atoms with Crippen molar-refractivity contribution in [3.05, 3.63) is 154 Å². The largest absolute Gasteiger partial charge is 0.337 e. The van der Waals surface area contributed by atoms with E-state index in [9.17, 15) is 5.26 Å². The van der Waals surface area contributed by atoms with E-state index in [1.807, 2.05) is 22.7 Å². The minimum absolute atomic E-state index is 0.421. The fourth-order valence-electron chi connectivity index (χ4n) is 17.3. The monoisotopic (exact) mass is 1430 g/mol. The van der Waals surface area contributed by atoms with E-state index < -0.39 is 0 Å². The van der Waals surface area contributed by atoms with Gasteiger partial charge in [-0.05, 0) is 173 Å². The third kappa shape index (κ3) is 22.7. The van der Waals surface area contributed by atoms with Crippen molar-refractivity contribution >= 4 is 77.8 Å². The molecule has 0 fully saturated rings. The van der Waals surface area contributed by atoms with Crippen LogP contribution in [-0.4, -0.2) is 24.5 Å². The van der Waals surface area contributed by atoms with Gasteiger partial charge in [0.05, 0.1) is 22.2 Å². The Morgan fingerprint density at radius 2 is 0.712 bits per heavy atom. The van der Waals surface area contributed by atoms with Crippen molar-refractivity contribution in [2.24, 2.45) is 21.9 Å². The van der Waals surface area contributed by atoms with Crippen molar-refractivity contribution in [2.75, 3.05) is 22.9 Å². The number of allylic oxidation sites excluding steroid dienone is 2. The van der Waals surface area contributed by atoms with Gasteiger partial charge >= 0.3 is 0 Å². The summed E-state index contributed by atoms with van der Waals surface area (Å²) in [4.78, 5) is 19.3. The van der Waals surface area contributed by atoms with Gasteiger partial charge in [-0.1, -0.05) is 327 Å². The van der Waals surface area contributed by atoms with Crippen molar-refractivity contribution in [1.82, 2.24) is 0 Å². The van der Waals surface area contributed by atoms with E-state index in [0.717, 1.165) is 52.7 Å². The Bertz CT molecular complexity index is 3950. The number of thiophene rings is 2. The van der Waals surface area contributed by atoms with E-state index in [4.69, 9.17) is 16.7 Å². The molecule has 2 aromatic heterocycles. The first-order chi connectivity index (χ1) is 51.2. The summed E-state index contributed by atoms with van der Waals surface area (Å²) < 4.78 is 0. The molecule has 556 valence electrons. The topological polar surface area (TPSA) is 59.4 Å². The number of rotatable bonds is 51. The average Bonchev–Trinajstić information content (AvgIpc) is 1.50. The van der Waals surface area contributed by atoms with Crippen LogP contribution in [0, 0.1) is 43.7 Å². The molecule has 0 spiro atoms. The van der Waals surface area contributed by atoms with Gasteiger partial charge in [-0.3, -0.25) is 0 Å². The number of anilines is 2. The molecule has 0 amide bonds. The Morgan fingerprint density at radius 3 is 1.09 bits per heavy atom. The van der Waals surface area contributed by atoms with Gasteiger partial charge in [0.25, 0.3) is 0 Å². The molecular formula is C96H130N6S2. The molecule has 0 bridgehead atoms. The number of hydrogen-bond donors (Lipinski definition) is 0. The van der Waals surface area contributed by atoms with Gasteiger partial charge in [-0.25, -0.2) is 0 Å². The van der Waals surface area contributed by atoms with Gasteiger partial charge in [0, 0.05) is 43.7 Å². The first-order valence-electron chi connectivity index (χ1n) is 42.6. The van der Waals surface area contributed by atoms with Crippen LogP contribution in [-0.2, 0) is 0 Å².